The second kappa shape index (κ2) is 6.78. The molecule has 2 aliphatic rings. The van der Waals surface area contributed by atoms with Gasteiger partial charge in [0.05, 0.1) is 0 Å². The van der Waals surface area contributed by atoms with Gasteiger partial charge in [-0.3, -0.25) is 0 Å². The summed E-state index contributed by atoms with van der Waals surface area (Å²) in [5, 5.41) is 3.64. The molecule has 3 nitrogen and oxygen atoms in total. The zero-order valence-electron chi connectivity index (χ0n) is 13.6. The monoisotopic (exact) mass is 287 g/mol. The number of nitrogens with zero attached hydrogens (tertiary/aromatic N) is 2. The number of fused-ring (bicyclic) bond motifs is 1. The van der Waals surface area contributed by atoms with Crippen molar-refractivity contribution in [3.05, 3.63) is 23.4 Å². The summed E-state index contributed by atoms with van der Waals surface area (Å²) in [7, 11) is 0. The van der Waals surface area contributed by atoms with Gasteiger partial charge in [-0.15, -0.1) is 0 Å². The Morgan fingerprint density at radius 1 is 1.24 bits per heavy atom. The number of hydrogen-bond acceptors (Lipinski definition) is 3. The molecule has 0 spiro atoms. The normalized spacial score (nSPS) is 21.9. The number of rotatable bonds is 5. The van der Waals surface area contributed by atoms with Crippen molar-refractivity contribution < 1.29 is 0 Å². The molecule has 1 fully saturated rings. The molecule has 3 heteroatoms. The number of nitrogens with one attached hydrogen (secondary N) is 1. The minimum Gasteiger partial charge on any atom is -0.352 e. The maximum Gasteiger partial charge on any atom is 0.129 e. The Hall–Kier alpha value is -1.09. The lowest BCUT2D eigenvalue weighted by atomic mass is 10.0. The van der Waals surface area contributed by atoms with Gasteiger partial charge in [0.1, 0.15) is 5.82 Å². The molecule has 1 atom stereocenters. The first-order valence-corrected chi connectivity index (χ1v) is 8.70. The van der Waals surface area contributed by atoms with Crippen molar-refractivity contribution in [3.8, 4) is 0 Å². The van der Waals surface area contributed by atoms with Gasteiger partial charge in [0, 0.05) is 24.8 Å². The van der Waals surface area contributed by atoms with Crippen molar-refractivity contribution >= 4 is 5.82 Å². The minimum absolute atomic E-state index is 0.615. The Morgan fingerprint density at radius 3 is 3.00 bits per heavy atom. The quantitative estimate of drug-likeness (QED) is 0.901. The van der Waals surface area contributed by atoms with Crippen LogP contribution in [0.4, 0.5) is 5.82 Å². The highest BCUT2D eigenvalue weighted by Gasteiger charge is 2.24. The van der Waals surface area contributed by atoms with Crippen LogP contribution in [0.15, 0.2) is 12.1 Å². The second-order valence-corrected chi connectivity index (χ2v) is 7.02. The predicted molar refractivity (Wildman–Crippen MR) is 89.0 cm³/mol. The van der Waals surface area contributed by atoms with E-state index in [1.807, 2.05) is 0 Å². The first kappa shape index (κ1) is 14.8. The summed E-state index contributed by atoms with van der Waals surface area (Å²) < 4.78 is 0. The molecule has 0 saturated carbocycles. The lowest BCUT2D eigenvalue weighted by molar-refractivity contribution is 0.420. The van der Waals surface area contributed by atoms with Crippen LogP contribution >= 0.6 is 0 Å². The molecule has 0 radical (unpaired) electrons. The predicted octanol–water partition coefficient (Wildman–Crippen LogP) is 3.17. The fourth-order valence-corrected chi connectivity index (χ4v) is 3.62. The van der Waals surface area contributed by atoms with E-state index >= 15 is 0 Å². The Labute approximate surface area is 129 Å². The number of pyridine rings is 1. The van der Waals surface area contributed by atoms with Crippen molar-refractivity contribution in [2.45, 2.75) is 58.4 Å². The highest BCUT2D eigenvalue weighted by atomic mass is 15.2. The van der Waals surface area contributed by atoms with Gasteiger partial charge in [0.25, 0.3) is 0 Å². The molecule has 1 aliphatic carbocycles. The van der Waals surface area contributed by atoms with Crippen molar-refractivity contribution in [3.63, 3.8) is 0 Å². The lowest BCUT2D eigenvalue weighted by Crippen LogP contribution is -2.46. The molecule has 1 aliphatic heterocycles. The van der Waals surface area contributed by atoms with Crippen molar-refractivity contribution in [1.29, 1.82) is 0 Å². The van der Waals surface area contributed by atoms with Crippen LogP contribution in [0.5, 0.6) is 0 Å². The van der Waals surface area contributed by atoms with E-state index in [9.17, 15) is 0 Å². The van der Waals surface area contributed by atoms with Gasteiger partial charge in [-0.05, 0) is 62.6 Å². The molecule has 1 aromatic heterocycles. The molecule has 1 unspecified atom stereocenters. The molecule has 1 aromatic rings. The van der Waals surface area contributed by atoms with Crippen molar-refractivity contribution in [2.75, 3.05) is 24.5 Å². The Balaban J connectivity index is 1.68. The van der Waals surface area contributed by atoms with Gasteiger partial charge < -0.3 is 10.2 Å². The van der Waals surface area contributed by atoms with Crippen LogP contribution in [0.1, 0.15) is 50.8 Å². The Bertz CT molecular complexity index is 470. The average molecular weight is 287 g/mol. The molecule has 116 valence electrons. The standard InChI is InChI=1S/C18H29N3/c1-14(2)12-19-13-16-7-3-4-11-21(16)18-10-9-15-6-5-8-17(15)20-18/h9-10,14,16,19H,3-8,11-13H2,1-2H3. The van der Waals surface area contributed by atoms with Gasteiger partial charge in [-0.25, -0.2) is 4.98 Å². The van der Waals surface area contributed by atoms with E-state index in [0.717, 1.165) is 19.0 Å². The van der Waals surface area contributed by atoms with Crippen LogP contribution in [-0.2, 0) is 12.8 Å². The number of anilines is 1. The average Bonchev–Trinajstić information content (AvgIpc) is 2.95. The number of hydrogen-bond donors (Lipinski definition) is 1. The van der Waals surface area contributed by atoms with Crippen LogP contribution in [0.3, 0.4) is 0 Å². The topological polar surface area (TPSA) is 28.2 Å². The molecule has 2 heterocycles. The Morgan fingerprint density at radius 2 is 2.14 bits per heavy atom. The minimum atomic E-state index is 0.615. The first-order chi connectivity index (χ1) is 10.2. The summed E-state index contributed by atoms with van der Waals surface area (Å²) in [4.78, 5) is 7.52. The summed E-state index contributed by atoms with van der Waals surface area (Å²) in [6.07, 6.45) is 7.64. The van der Waals surface area contributed by atoms with E-state index in [1.54, 1.807) is 0 Å². The molecule has 0 amide bonds. The number of aryl methyl sites for hydroxylation is 2. The van der Waals surface area contributed by atoms with Gasteiger partial charge in [-0.1, -0.05) is 19.9 Å². The van der Waals surface area contributed by atoms with Crippen LogP contribution in [0.25, 0.3) is 0 Å². The van der Waals surface area contributed by atoms with E-state index in [0.29, 0.717) is 6.04 Å². The molecule has 21 heavy (non-hydrogen) atoms. The highest BCUT2D eigenvalue weighted by Crippen LogP contribution is 2.27. The number of piperidine rings is 1. The highest BCUT2D eigenvalue weighted by molar-refractivity contribution is 5.44. The second-order valence-electron chi connectivity index (χ2n) is 7.02. The summed E-state index contributed by atoms with van der Waals surface area (Å²) in [5.74, 6) is 1.94. The van der Waals surface area contributed by atoms with Crippen molar-refractivity contribution in [2.24, 2.45) is 5.92 Å². The van der Waals surface area contributed by atoms with Gasteiger partial charge in [0.2, 0.25) is 0 Å². The maximum atomic E-state index is 4.97. The lowest BCUT2D eigenvalue weighted by Gasteiger charge is -2.37. The Kier molecular flexibility index (Phi) is 4.79. The van der Waals surface area contributed by atoms with Crippen LogP contribution in [0.2, 0.25) is 0 Å². The largest absolute Gasteiger partial charge is 0.352 e. The number of aromatic nitrogens is 1. The molecule has 3 rings (SSSR count). The molecular formula is C18H29N3. The van der Waals surface area contributed by atoms with E-state index in [4.69, 9.17) is 4.98 Å². The molecular weight excluding hydrogens is 258 g/mol. The van der Waals surface area contributed by atoms with Gasteiger partial charge in [0.15, 0.2) is 0 Å². The molecule has 1 saturated heterocycles. The third-order valence-corrected chi connectivity index (χ3v) is 4.77. The molecule has 0 aromatic carbocycles. The van der Waals surface area contributed by atoms with E-state index in [2.05, 4.69) is 36.2 Å². The van der Waals surface area contributed by atoms with E-state index in [-0.39, 0.29) is 0 Å². The summed E-state index contributed by atoms with van der Waals surface area (Å²) in [6, 6.07) is 5.19. The molecule has 0 bridgehead atoms. The SMILES string of the molecule is CC(C)CNCC1CCCCN1c1ccc2c(n1)CCC2. The van der Waals surface area contributed by atoms with Crippen molar-refractivity contribution in [1.82, 2.24) is 10.3 Å². The van der Waals surface area contributed by atoms with Gasteiger partial charge >= 0.3 is 0 Å². The fourth-order valence-electron chi connectivity index (χ4n) is 3.62. The molecule has 1 N–H and O–H groups in total. The third kappa shape index (κ3) is 3.57. The maximum absolute atomic E-state index is 4.97. The fraction of sp³-hybridized carbons (Fsp3) is 0.722. The van der Waals surface area contributed by atoms with Crippen LogP contribution < -0.4 is 10.2 Å². The summed E-state index contributed by atoms with van der Waals surface area (Å²) in [6.45, 7) is 7.92. The zero-order valence-corrected chi connectivity index (χ0v) is 13.6. The van der Waals surface area contributed by atoms with Crippen LogP contribution in [-0.4, -0.2) is 30.7 Å². The summed E-state index contributed by atoms with van der Waals surface area (Å²) in [5.41, 5.74) is 2.83. The van der Waals surface area contributed by atoms with Crippen LogP contribution in [0, 0.1) is 5.92 Å². The van der Waals surface area contributed by atoms with E-state index in [1.165, 1.54) is 62.1 Å². The van der Waals surface area contributed by atoms with Gasteiger partial charge in [-0.2, -0.15) is 0 Å². The summed E-state index contributed by atoms with van der Waals surface area (Å²) >= 11 is 0. The first-order valence-electron chi connectivity index (χ1n) is 8.70. The third-order valence-electron chi connectivity index (χ3n) is 4.77. The smallest absolute Gasteiger partial charge is 0.129 e. The van der Waals surface area contributed by atoms with E-state index < -0.39 is 0 Å². The zero-order chi connectivity index (χ0) is 14.7.